The number of ether oxygens (including phenoxy) is 1. The molecule has 0 spiro atoms. The fourth-order valence-electron chi connectivity index (χ4n) is 0.944. The Morgan fingerprint density at radius 1 is 1.44 bits per heavy atom. The Hall–Kier alpha value is -0.793. The highest BCUT2D eigenvalue weighted by Crippen LogP contribution is 2.37. The number of terminal acetylenes is 1. The monoisotopic (exact) mass is 242 g/mol. The first kappa shape index (κ1) is 15.2. The first-order valence-electron chi connectivity index (χ1n) is 5.35. The van der Waals surface area contributed by atoms with Gasteiger partial charge in [0, 0.05) is 6.42 Å². The van der Waals surface area contributed by atoms with Gasteiger partial charge in [-0.15, -0.1) is 12.3 Å². The fourth-order valence-corrected chi connectivity index (χ4v) is 2.19. The molecule has 4 heteroatoms. The van der Waals surface area contributed by atoms with Gasteiger partial charge in [0.1, 0.15) is 0 Å². The van der Waals surface area contributed by atoms with Gasteiger partial charge in [0.15, 0.2) is 14.4 Å². The Labute approximate surface area is 99.6 Å². The van der Waals surface area contributed by atoms with E-state index in [1.54, 1.807) is 0 Å². The van der Waals surface area contributed by atoms with E-state index in [0.29, 0.717) is 0 Å². The minimum atomic E-state index is -1.98. The molecule has 16 heavy (non-hydrogen) atoms. The molecule has 0 aliphatic heterocycles. The molecule has 92 valence electrons. The Morgan fingerprint density at radius 3 is 2.25 bits per heavy atom. The molecule has 0 fully saturated rings. The summed E-state index contributed by atoms with van der Waals surface area (Å²) < 4.78 is 10.6. The number of carbonyl (C=O) groups is 1. The van der Waals surface area contributed by atoms with Crippen molar-refractivity contribution in [2.24, 2.45) is 0 Å². The van der Waals surface area contributed by atoms with Crippen molar-refractivity contribution in [1.29, 1.82) is 0 Å². The Morgan fingerprint density at radius 2 is 1.94 bits per heavy atom. The van der Waals surface area contributed by atoms with Crippen LogP contribution in [-0.2, 0) is 14.0 Å². The Bertz CT molecular complexity index is 284. The summed E-state index contributed by atoms with van der Waals surface area (Å²) in [5, 5.41) is 0.0495. The predicted molar refractivity (Wildman–Crippen MR) is 67.5 cm³/mol. The van der Waals surface area contributed by atoms with Gasteiger partial charge >= 0.3 is 5.97 Å². The summed E-state index contributed by atoms with van der Waals surface area (Å²) in [7, 11) is -0.633. The van der Waals surface area contributed by atoms with Crippen molar-refractivity contribution in [3.8, 4) is 12.3 Å². The van der Waals surface area contributed by atoms with Crippen LogP contribution in [0, 0.1) is 12.3 Å². The van der Waals surface area contributed by atoms with E-state index in [4.69, 9.17) is 10.8 Å². The average molecular weight is 242 g/mol. The molecule has 0 rings (SSSR count). The average Bonchev–Trinajstić information content (AvgIpc) is 2.14. The van der Waals surface area contributed by atoms with Crippen molar-refractivity contribution in [1.82, 2.24) is 0 Å². The minimum Gasteiger partial charge on any atom is -0.467 e. The SMILES string of the molecule is C#CCC(O[Si](C)(C)C(C)(C)C)C(=O)OC. The number of esters is 1. The van der Waals surface area contributed by atoms with Crippen molar-refractivity contribution in [3.63, 3.8) is 0 Å². The number of hydrogen-bond acceptors (Lipinski definition) is 3. The van der Waals surface area contributed by atoms with Crippen molar-refractivity contribution < 1.29 is 14.0 Å². The number of methoxy groups -OCH3 is 1. The number of hydrogen-bond donors (Lipinski definition) is 0. The van der Waals surface area contributed by atoms with Crippen LogP contribution in [0.25, 0.3) is 0 Å². The summed E-state index contributed by atoms with van der Waals surface area (Å²) in [4.78, 5) is 11.5. The van der Waals surface area contributed by atoms with Crippen LogP contribution < -0.4 is 0 Å². The van der Waals surface area contributed by atoms with Crippen molar-refractivity contribution >= 4 is 14.3 Å². The maximum atomic E-state index is 11.5. The molecule has 0 aromatic rings. The van der Waals surface area contributed by atoms with Crippen LogP contribution in [0.4, 0.5) is 0 Å². The molecular formula is C12H22O3Si. The molecule has 1 unspecified atom stereocenters. The third-order valence-corrected chi connectivity index (χ3v) is 7.50. The number of carbonyl (C=O) groups excluding carboxylic acids is 1. The van der Waals surface area contributed by atoms with Gasteiger partial charge in [-0.2, -0.15) is 0 Å². The van der Waals surface area contributed by atoms with Gasteiger partial charge in [0.2, 0.25) is 0 Å². The van der Waals surface area contributed by atoms with E-state index >= 15 is 0 Å². The zero-order valence-corrected chi connectivity index (χ0v) is 12.1. The third kappa shape index (κ3) is 3.99. The second-order valence-corrected chi connectivity index (χ2v) is 10.1. The largest absolute Gasteiger partial charge is 0.467 e. The lowest BCUT2D eigenvalue weighted by molar-refractivity contribution is -0.149. The second-order valence-electron chi connectivity index (χ2n) is 5.30. The molecule has 0 radical (unpaired) electrons. The summed E-state index contributed by atoms with van der Waals surface area (Å²) in [5.74, 6) is 2.07. The lowest BCUT2D eigenvalue weighted by atomic mass is 10.2. The lowest BCUT2D eigenvalue weighted by Crippen LogP contribution is -2.46. The highest BCUT2D eigenvalue weighted by Gasteiger charge is 2.40. The maximum absolute atomic E-state index is 11.5. The van der Waals surface area contributed by atoms with Crippen LogP contribution >= 0.6 is 0 Å². The van der Waals surface area contributed by atoms with E-state index in [1.807, 2.05) is 0 Å². The van der Waals surface area contributed by atoms with Crippen LogP contribution in [0.3, 0.4) is 0 Å². The maximum Gasteiger partial charge on any atom is 0.334 e. The molecule has 1 atom stereocenters. The third-order valence-electron chi connectivity index (χ3n) is 3.01. The molecule has 0 aliphatic carbocycles. The summed E-state index contributed by atoms with van der Waals surface area (Å²) in [6, 6.07) is 0. The topological polar surface area (TPSA) is 35.5 Å². The van der Waals surface area contributed by atoms with Crippen LogP contribution in [0.2, 0.25) is 18.1 Å². The molecule has 0 N–H and O–H groups in total. The Balaban J connectivity index is 4.77. The van der Waals surface area contributed by atoms with E-state index in [9.17, 15) is 4.79 Å². The zero-order chi connectivity index (χ0) is 13.0. The van der Waals surface area contributed by atoms with E-state index in [0.717, 1.165) is 0 Å². The van der Waals surface area contributed by atoms with E-state index in [1.165, 1.54) is 7.11 Å². The molecular weight excluding hydrogens is 220 g/mol. The van der Waals surface area contributed by atoms with Crippen molar-refractivity contribution in [2.45, 2.75) is 51.4 Å². The summed E-state index contributed by atoms with van der Waals surface area (Å²) in [5.41, 5.74) is 0. The Kier molecular flexibility index (Phi) is 5.24. The number of rotatable bonds is 4. The van der Waals surface area contributed by atoms with E-state index in [-0.39, 0.29) is 17.4 Å². The highest BCUT2D eigenvalue weighted by atomic mass is 28.4. The van der Waals surface area contributed by atoms with E-state index in [2.05, 4.69) is 44.5 Å². The molecule has 0 aliphatic rings. The first-order chi connectivity index (χ1) is 7.15. The smallest absolute Gasteiger partial charge is 0.334 e. The molecule has 0 bridgehead atoms. The van der Waals surface area contributed by atoms with Crippen molar-refractivity contribution in [2.75, 3.05) is 7.11 Å². The van der Waals surface area contributed by atoms with Gasteiger partial charge in [0.25, 0.3) is 0 Å². The zero-order valence-electron chi connectivity index (χ0n) is 11.1. The van der Waals surface area contributed by atoms with Crippen LogP contribution in [0.15, 0.2) is 0 Å². The van der Waals surface area contributed by atoms with Gasteiger partial charge in [0.05, 0.1) is 7.11 Å². The van der Waals surface area contributed by atoms with Gasteiger partial charge in [-0.1, -0.05) is 20.8 Å². The minimum absolute atomic E-state index is 0.0495. The van der Waals surface area contributed by atoms with Gasteiger partial charge < -0.3 is 9.16 Å². The first-order valence-corrected chi connectivity index (χ1v) is 8.25. The summed E-state index contributed by atoms with van der Waals surface area (Å²) >= 11 is 0. The van der Waals surface area contributed by atoms with Gasteiger partial charge in [-0.3, -0.25) is 0 Å². The fraction of sp³-hybridized carbons (Fsp3) is 0.750. The summed E-state index contributed by atoms with van der Waals surface area (Å²) in [6.07, 6.45) is 4.86. The van der Waals surface area contributed by atoms with Gasteiger partial charge in [-0.25, -0.2) is 4.79 Å². The summed E-state index contributed by atoms with van der Waals surface area (Å²) in [6.45, 7) is 10.5. The van der Waals surface area contributed by atoms with E-state index < -0.39 is 14.4 Å². The molecule has 0 heterocycles. The molecule has 0 saturated heterocycles. The second kappa shape index (κ2) is 5.51. The highest BCUT2D eigenvalue weighted by molar-refractivity contribution is 6.74. The normalized spacial score (nSPS) is 14.1. The molecule has 0 aromatic carbocycles. The molecule has 0 saturated carbocycles. The van der Waals surface area contributed by atoms with Crippen LogP contribution in [0.1, 0.15) is 27.2 Å². The molecule has 0 aromatic heterocycles. The lowest BCUT2D eigenvalue weighted by Gasteiger charge is -2.38. The van der Waals surface area contributed by atoms with Gasteiger partial charge in [-0.05, 0) is 18.1 Å². The molecule has 0 amide bonds. The van der Waals surface area contributed by atoms with Crippen LogP contribution in [0.5, 0.6) is 0 Å². The quantitative estimate of drug-likeness (QED) is 0.432. The van der Waals surface area contributed by atoms with Crippen molar-refractivity contribution in [3.05, 3.63) is 0 Å². The van der Waals surface area contributed by atoms with Crippen LogP contribution in [-0.4, -0.2) is 27.5 Å². The molecule has 3 nitrogen and oxygen atoms in total. The predicted octanol–water partition coefficient (Wildman–Crippen LogP) is 2.57. The standard InChI is InChI=1S/C12H22O3Si/c1-8-9-10(11(13)14-5)15-16(6,7)12(2,3)4/h1,10H,9H2,2-7H3.